The van der Waals surface area contributed by atoms with Gasteiger partial charge in [-0.25, -0.2) is 0 Å². The molecule has 1 amide bonds. The van der Waals surface area contributed by atoms with Crippen molar-refractivity contribution in [1.29, 1.82) is 0 Å². The summed E-state index contributed by atoms with van der Waals surface area (Å²) in [7, 11) is 1.71. The zero-order valence-corrected chi connectivity index (χ0v) is 12.4. The van der Waals surface area contributed by atoms with Gasteiger partial charge in [0.25, 0.3) is 0 Å². The molecular weight excluding hydrogens is 258 g/mol. The van der Waals surface area contributed by atoms with E-state index in [4.69, 9.17) is 4.74 Å². The van der Waals surface area contributed by atoms with Crippen molar-refractivity contribution < 1.29 is 9.53 Å². The molecule has 0 radical (unpaired) electrons. The molecule has 19 heavy (non-hydrogen) atoms. The molecule has 2 rings (SSSR count). The molecule has 0 bridgehead atoms. The first-order chi connectivity index (χ1) is 9.24. The molecule has 4 heteroatoms. The van der Waals surface area contributed by atoms with Crippen molar-refractivity contribution in [3.8, 4) is 0 Å². The molecule has 1 aliphatic rings. The van der Waals surface area contributed by atoms with Gasteiger partial charge in [-0.3, -0.25) is 4.79 Å². The van der Waals surface area contributed by atoms with Crippen molar-refractivity contribution in [2.45, 2.75) is 25.0 Å². The lowest BCUT2D eigenvalue weighted by Crippen LogP contribution is -2.35. The number of ether oxygens (including phenoxy) is 1. The molecule has 1 atom stereocenters. The quantitative estimate of drug-likeness (QED) is 0.750. The van der Waals surface area contributed by atoms with Gasteiger partial charge < -0.3 is 9.64 Å². The number of hydrogen-bond donors (Lipinski definition) is 0. The Hall–Kier alpha value is -1.00. The first-order valence-electron chi connectivity index (χ1n) is 6.74. The molecular formula is C15H21NO2S. The number of rotatable bonds is 6. The van der Waals surface area contributed by atoms with Crippen LogP contribution < -0.4 is 4.90 Å². The van der Waals surface area contributed by atoms with E-state index in [-0.39, 0.29) is 11.2 Å². The minimum atomic E-state index is 0.0167. The second-order valence-corrected chi connectivity index (χ2v) is 6.18. The zero-order chi connectivity index (χ0) is 13.7. The normalized spacial score (nSPS) is 15.4. The summed E-state index contributed by atoms with van der Waals surface area (Å²) in [5.41, 5.74) is 2.38. The number of nitrogens with zero attached hydrogens (tertiary/aromatic N) is 1. The largest absolute Gasteiger partial charge is 0.385 e. The topological polar surface area (TPSA) is 29.5 Å². The van der Waals surface area contributed by atoms with Crippen molar-refractivity contribution in [2.75, 3.05) is 30.9 Å². The van der Waals surface area contributed by atoms with Crippen LogP contribution >= 0.6 is 11.8 Å². The molecule has 1 aromatic rings. The van der Waals surface area contributed by atoms with Crippen LogP contribution in [0.15, 0.2) is 24.3 Å². The Balaban J connectivity index is 1.90. The van der Waals surface area contributed by atoms with E-state index in [9.17, 15) is 4.79 Å². The second-order valence-electron chi connectivity index (χ2n) is 4.73. The average Bonchev–Trinajstić information content (AvgIpc) is 2.86. The van der Waals surface area contributed by atoms with Crippen molar-refractivity contribution >= 4 is 23.4 Å². The van der Waals surface area contributed by atoms with Crippen LogP contribution in [0, 0.1) is 0 Å². The third-order valence-corrected chi connectivity index (χ3v) is 4.59. The third-order valence-electron chi connectivity index (χ3n) is 3.36. The van der Waals surface area contributed by atoms with Crippen molar-refractivity contribution in [2.24, 2.45) is 0 Å². The molecule has 0 saturated carbocycles. The fourth-order valence-corrected chi connectivity index (χ4v) is 3.23. The Morgan fingerprint density at radius 2 is 2.26 bits per heavy atom. The van der Waals surface area contributed by atoms with Crippen LogP contribution in [0.1, 0.15) is 18.9 Å². The Labute approximate surface area is 119 Å². The number of para-hydroxylation sites is 1. The van der Waals surface area contributed by atoms with Crippen LogP contribution in [0.5, 0.6) is 0 Å². The monoisotopic (exact) mass is 279 g/mol. The van der Waals surface area contributed by atoms with E-state index in [1.54, 1.807) is 18.9 Å². The molecule has 0 spiro atoms. The van der Waals surface area contributed by atoms with Gasteiger partial charge in [-0.15, -0.1) is 11.8 Å². The molecule has 1 unspecified atom stereocenters. The number of methoxy groups -OCH3 is 1. The Bertz CT molecular complexity index is 436. The molecule has 0 N–H and O–H groups in total. The predicted octanol–water partition coefficient (Wildman–Crippen LogP) is 2.73. The van der Waals surface area contributed by atoms with Crippen molar-refractivity contribution in [3.63, 3.8) is 0 Å². The van der Waals surface area contributed by atoms with E-state index in [2.05, 4.69) is 6.07 Å². The molecule has 104 valence electrons. The lowest BCUT2D eigenvalue weighted by molar-refractivity contribution is -0.117. The highest BCUT2D eigenvalue weighted by Crippen LogP contribution is 2.29. The van der Waals surface area contributed by atoms with Crippen molar-refractivity contribution in [3.05, 3.63) is 29.8 Å². The summed E-state index contributed by atoms with van der Waals surface area (Å²) >= 11 is 1.71. The van der Waals surface area contributed by atoms with Gasteiger partial charge in [0.1, 0.15) is 0 Å². The van der Waals surface area contributed by atoms with Crippen molar-refractivity contribution in [1.82, 2.24) is 0 Å². The van der Waals surface area contributed by atoms with Crippen LogP contribution in [-0.4, -0.2) is 37.2 Å². The van der Waals surface area contributed by atoms with E-state index >= 15 is 0 Å². The van der Waals surface area contributed by atoms with Gasteiger partial charge in [0.15, 0.2) is 0 Å². The summed E-state index contributed by atoms with van der Waals surface area (Å²) in [4.78, 5) is 14.4. The summed E-state index contributed by atoms with van der Waals surface area (Å²) < 4.78 is 5.02. The number of anilines is 1. The van der Waals surface area contributed by atoms with Crippen LogP contribution in [-0.2, 0) is 16.0 Å². The maximum absolute atomic E-state index is 12.4. The number of carbonyl (C=O) groups is 1. The van der Waals surface area contributed by atoms with E-state index < -0.39 is 0 Å². The molecule has 0 fully saturated rings. The van der Waals surface area contributed by atoms with Gasteiger partial charge in [0.2, 0.25) is 5.91 Å². The maximum Gasteiger partial charge on any atom is 0.239 e. The van der Waals surface area contributed by atoms with Gasteiger partial charge in [-0.2, -0.15) is 0 Å². The number of benzene rings is 1. The van der Waals surface area contributed by atoms with E-state index in [0.29, 0.717) is 0 Å². The molecule has 0 saturated heterocycles. The number of amides is 1. The maximum atomic E-state index is 12.4. The summed E-state index contributed by atoms with van der Waals surface area (Å²) in [6.45, 7) is 3.59. The molecule has 1 heterocycles. The second kappa shape index (κ2) is 6.96. The van der Waals surface area contributed by atoms with Crippen LogP contribution in [0.25, 0.3) is 0 Å². The minimum Gasteiger partial charge on any atom is -0.385 e. The molecule has 0 aliphatic carbocycles. The first-order valence-corrected chi connectivity index (χ1v) is 7.78. The fraction of sp³-hybridized carbons (Fsp3) is 0.533. The highest BCUT2D eigenvalue weighted by molar-refractivity contribution is 8.00. The number of carbonyl (C=O) groups excluding carboxylic acids is 1. The number of thioether (sulfide) groups is 1. The zero-order valence-electron chi connectivity index (χ0n) is 11.6. The summed E-state index contributed by atoms with van der Waals surface area (Å²) in [5, 5.41) is 0.0167. The summed E-state index contributed by atoms with van der Waals surface area (Å²) in [6.07, 6.45) is 1.97. The predicted molar refractivity (Wildman–Crippen MR) is 80.9 cm³/mol. The van der Waals surface area contributed by atoms with Gasteiger partial charge in [-0.05, 0) is 37.1 Å². The molecule has 1 aromatic carbocycles. The Morgan fingerprint density at radius 1 is 1.47 bits per heavy atom. The average molecular weight is 279 g/mol. The van der Waals surface area contributed by atoms with Gasteiger partial charge in [0, 0.05) is 25.9 Å². The van der Waals surface area contributed by atoms with Crippen LogP contribution in [0.4, 0.5) is 5.69 Å². The lowest BCUT2D eigenvalue weighted by atomic mass is 10.2. The standard InChI is InChI=1S/C15H21NO2S/c1-12(19-11-5-10-18-2)15(17)16-9-8-13-6-3-4-7-14(13)16/h3-4,6-7,12H,5,8-11H2,1-2H3. The Kier molecular flexibility index (Phi) is 5.28. The number of fused-ring (bicyclic) bond motifs is 1. The SMILES string of the molecule is COCCCSC(C)C(=O)N1CCc2ccccc21. The number of hydrogen-bond acceptors (Lipinski definition) is 3. The third kappa shape index (κ3) is 3.51. The smallest absolute Gasteiger partial charge is 0.239 e. The summed E-state index contributed by atoms with van der Waals surface area (Å²) in [5.74, 6) is 1.20. The molecule has 1 aliphatic heterocycles. The highest BCUT2D eigenvalue weighted by Gasteiger charge is 2.27. The molecule has 3 nitrogen and oxygen atoms in total. The first kappa shape index (κ1) is 14.4. The van der Waals surface area contributed by atoms with E-state index in [1.807, 2.05) is 30.0 Å². The van der Waals surface area contributed by atoms with Gasteiger partial charge >= 0.3 is 0 Å². The summed E-state index contributed by atoms with van der Waals surface area (Å²) in [6, 6.07) is 8.19. The van der Waals surface area contributed by atoms with Gasteiger partial charge in [-0.1, -0.05) is 18.2 Å². The fourth-order valence-electron chi connectivity index (χ4n) is 2.32. The van der Waals surface area contributed by atoms with E-state index in [0.717, 1.165) is 37.4 Å². The minimum absolute atomic E-state index is 0.0167. The highest BCUT2D eigenvalue weighted by atomic mass is 32.2. The van der Waals surface area contributed by atoms with Crippen LogP contribution in [0.3, 0.4) is 0 Å². The van der Waals surface area contributed by atoms with E-state index in [1.165, 1.54) is 5.56 Å². The van der Waals surface area contributed by atoms with Crippen LogP contribution in [0.2, 0.25) is 0 Å². The van der Waals surface area contributed by atoms with Gasteiger partial charge in [0.05, 0.1) is 5.25 Å². The Morgan fingerprint density at radius 3 is 3.05 bits per heavy atom. The lowest BCUT2D eigenvalue weighted by Gasteiger charge is -2.21. The molecule has 0 aromatic heterocycles.